The van der Waals surface area contributed by atoms with E-state index in [1.807, 2.05) is 0 Å². The van der Waals surface area contributed by atoms with Crippen molar-refractivity contribution in [2.24, 2.45) is 16.9 Å². The molecule has 0 fully saturated rings. The zero-order valence-electron chi connectivity index (χ0n) is 16.4. The first kappa shape index (κ1) is 20.3. The predicted molar refractivity (Wildman–Crippen MR) is 108 cm³/mol. The lowest BCUT2D eigenvalue weighted by atomic mass is 9.66. The first-order valence-electron chi connectivity index (χ1n) is 9.15. The van der Waals surface area contributed by atoms with Gasteiger partial charge in [0.15, 0.2) is 0 Å². The van der Waals surface area contributed by atoms with Crippen molar-refractivity contribution in [2.75, 3.05) is 14.2 Å². The second kappa shape index (κ2) is 7.87. The van der Waals surface area contributed by atoms with Gasteiger partial charge in [-0.1, -0.05) is 12.1 Å². The van der Waals surface area contributed by atoms with E-state index in [1.165, 1.54) is 14.2 Å². The standard InChI is InChI=1S/C22H24N2O5/c1-28-16-9-14-10-18(20(23)26)22(21(24)27,12-17(14)19(11-16)29-2)8-7-13-3-5-15(25)6-4-13/h3-6,9-11,25H,7-8,12H2,1-2H3,(H2,23,26)(H2,24,27). The number of methoxy groups -OCH3 is 2. The molecule has 29 heavy (non-hydrogen) atoms. The number of ether oxygens (including phenoxy) is 2. The van der Waals surface area contributed by atoms with Crippen LogP contribution in [0.3, 0.4) is 0 Å². The normalized spacial score (nSPS) is 17.8. The molecule has 1 aliphatic rings. The van der Waals surface area contributed by atoms with E-state index in [0.717, 1.165) is 11.1 Å². The van der Waals surface area contributed by atoms with E-state index in [2.05, 4.69) is 0 Å². The van der Waals surface area contributed by atoms with Gasteiger partial charge >= 0.3 is 0 Å². The minimum absolute atomic E-state index is 0.154. The number of benzene rings is 2. The van der Waals surface area contributed by atoms with Crippen LogP contribution in [0.1, 0.15) is 23.1 Å². The number of rotatable bonds is 7. The molecule has 0 aliphatic heterocycles. The summed E-state index contributed by atoms with van der Waals surface area (Å²) in [6.07, 6.45) is 2.56. The van der Waals surface area contributed by atoms with Crippen LogP contribution in [0.5, 0.6) is 17.2 Å². The number of phenolic OH excluding ortho intramolecular Hbond substituents is 1. The zero-order valence-corrected chi connectivity index (χ0v) is 16.4. The molecule has 7 nitrogen and oxygen atoms in total. The molecule has 1 atom stereocenters. The van der Waals surface area contributed by atoms with Crippen LogP contribution in [0.25, 0.3) is 6.08 Å². The molecule has 0 heterocycles. The first-order valence-corrected chi connectivity index (χ1v) is 9.15. The minimum Gasteiger partial charge on any atom is -0.508 e. The molecule has 2 amide bonds. The average Bonchev–Trinajstić information content (AvgIpc) is 2.71. The highest BCUT2D eigenvalue weighted by Gasteiger charge is 2.46. The molecule has 0 spiro atoms. The van der Waals surface area contributed by atoms with Crippen LogP contribution in [-0.2, 0) is 22.4 Å². The molecule has 5 N–H and O–H groups in total. The molecule has 0 saturated heterocycles. The number of hydrogen-bond donors (Lipinski definition) is 3. The summed E-state index contributed by atoms with van der Waals surface area (Å²) in [6.45, 7) is 0. The second-order valence-corrected chi connectivity index (χ2v) is 7.11. The maximum Gasteiger partial charge on any atom is 0.245 e. The fourth-order valence-electron chi connectivity index (χ4n) is 3.84. The number of aryl methyl sites for hydroxylation is 1. The third-order valence-electron chi connectivity index (χ3n) is 5.48. The Morgan fingerprint density at radius 1 is 1.10 bits per heavy atom. The van der Waals surface area contributed by atoms with E-state index in [4.69, 9.17) is 20.9 Å². The summed E-state index contributed by atoms with van der Waals surface area (Å²) in [5.41, 5.74) is 12.8. The van der Waals surface area contributed by atoms with Gasteiger partial charge in [0.2, 0.25) is 11.8 Å². The van der Waals surface area contributed by atoms with Gasteiger partial charge in [0, 0.05) is 17.2 Å². The van der Waals surface area contributed by atoms with E-state index in [-0.39, 0.29) is 24.2 Å². The maximum absolute atomic E-state index is 12.7. The number of fused-ring (bicyclic) bond motifs is 1. The largest absolute Gasteiger partial charge is 0.508 e. The summed E-state index contributed by atoms with van der Waals surface area (Å²) >= 11 is 0. The Hall–Kier alpha value is -3.48. The minimum atomic E-state index is -1.27. The van der Waals surface area contributed by atoms with Crippen LogP contribution in [0.4, 0.5) is 0 Å². The average molecular weight is 396 g/mol. The Labute approximate surface area is 168 Å². The number of amides is 2. The number of carbonyl (C=O) groups is 2. The molecule has 1 aliphatic carbocycles. The van der Waals surface area contributed by atoms with Crippen LogP contribution in [-0.4, -0.2) is 31.1 Å². The summed E-state index contributed by atoms with van der Waals surface area (Å²) < 4.78 is 10.8. The van der Waals surface area contributed by atoms with Crippen molar-refractivity contribution in [3.05, 3.63) is 58.7 Å². The zero-order chi connectivity index (χ0) is 21.2. The van der Waals surface area contributed by atoms with Gasteiger partial charge in [0.1, 0.15) is 17.2 Å². The molecule has 3 rings (SSSR count). The molecule has 0 aromatic heterocycles. The Morgan fingerprint density at radius 3 is 2.34 bits per heavy atom. The van der Waals surface area contributed by atoms with Gasteiger partial charge in [-0.3, -0.25) is 9.59 Å². The lowest BCUT2D eigenvalue weighted by Gasteiger charge is -2.36. The van der Waals surface area contributed by atoms with Crippen molar-refractivity contribution in [1.29, 1.82) is 0 Å². The lowest BCUT2D eigenvalue weighted by Crippen LogP contribution is -2.46. The van der Waals surface area contributed by atoms with Crippen LogP contribution < -0.4 is 20.9 Å². The van der Waals surface area contributed by atoms with Gasteiger partial charge in [-0.2, -0.15) is 0 Å². The predicted octanol–water partition coefficient (Wildman–Crippen LogP) is 1.94. The number of carbonyl (C=O) groups excluding carboxylic acids is 2. The number of nitrogens with two attached hydrogens (primary N) is 2. The van der Waals surface area contributed by atoms with Gasteiger partial charge < -0.3 is 26.0 Å². The van der Waals surface area contributed by atoms with Crippen molar-refractivity contribution < 1.29 is 24.2 Å². The molecule has 0 bridgehead atoms. The summed E-state index contributed by atoms with van der Waals surface area (Å²) in [7, 11) is 3.07. The third-order valence-corrected chi connectivity index (χ3v) is 5.48. The monoisotopic (exact) mass is 396 g/mol. The summed E-state index contributed by atoms with van der Waals surface area (Å²) in [5, 5.41) is 9.47. The van der Waals surface area contributed by atoms with Crippen LogP contribution in [0.15, 0.2) is 42.0 Å². The molecule has 2 aromatic rings. The van der Waals surface area contributed by atoms with E-state index in [0.29, 0.717) is 23.5 Å². The molecular formula is C22H24N2O5. The van der Waals surface area contributed by atoms with Crippen molar-refractivity contribution in [1.82, 2.24) is 0 Å². The van der Waals surface area contributed by atoms with Gasteiger partial charge in [-0.25, -0.2) is 0 Å². The Balaban J connectivity index is 2.08. The Bertz CT molecular complexity index is 981. The molecule has 1 unspecified atom stereocenters. The van der Waals surface area contributed by atoms with E-state index in [9.17, 15) is 14.7 Å². The molecule has 152 valence electrons. The van der Waals surface area contributed by atoms with Crippen molar-refractivity contribution in [3.63, 3.8) is 0 Å². The molecule has 7 heteroatoms. The Morgan fingerprint density at radius 2 is 1.79 bits per heavy atom. The number of primary amides is 2. The summed E-state index contributed by atoms with van der Waals surface area (Å²) in [4.78, 5) is 25.0. The Kier molecular flexibility index (Phi) is 5.50. The highest BCUT2D eigenvalue weighted by molar-refractivity contribution is 6.06. The second-order valence-electron chi connectivity index (χ2n) is 7.11. The van der Waals surface area contributed by atoms with E-state index in [1.54, 1.807) is 42.5 Å². The topological polar surface area (TPSA) is 125 Å². The van der Waals surface area contributed by atoms with Crippen LogP contribution >= 0.6 is 0 Å². The van der Waals surface area contributed by atoms with Crippen molar-refractivity contribution in [3.8, 4) is 17.2 Å². The van der Waals surface area contributed by atoms with Crippen molar-refractivity contribution >= 4 is 17.9 Å². The van der Waals surface area contributed by atoms with Gasteiger partial charge in [-0.15, -0.1) is 0 Å². The maximum atomic E-state index is 12.7. The third kappa shape index (κ3) is 3.76. The van der Waals surface area contributed by atoms with Gasteiger partial charge in [-0.05, 0) is 54.7 Å². The smallest absolute Gasteiger partial charge is 0.245 e. The molecule has 0 radical (unpaired) electrons. The van der Waals surface area contributed by atoms with Crippen LogP contribution in [0.2, 0.25) is 0 Å². The van der Waals surface area contributed by atoms with Gasteiger partial charge in [0.05, 0.1) is 19.6 Å². The highest BCUT2D eigenvalue weighted by atomic mass is 16.5. The van der Waals surface area contributed by atoms with E-state index < -0.39 is 17.2 Å². The lowest BCUT2D eigenvalue weighted by molar-refractivity contribution is -0.128. The summed E-state index contributed by atoms with van der Waals surface area (Å²) in [5.74, 6) is -0.0427. The fraction of sp³-hybridized carbons (Fsp3) is 0.273. The van der Waals surface area contributed by atoms with Crippen molar-refractivity contribution in [2.45, 2.75) is 19.3 Å². The quantitative estimate of drug-likeness (QED) is 0.660. The molecule has 0 saturated carbocycles. The van der Waals surface area contributed by atoms with Crippen LogP contribution in [0, 0.1) is 5.41 Å². The number of aromatic hydroxyl groups is 1. The van der Waals surface area contributed by atoms with E-state index >= 15 is 0 Å². The number of phenols is 1. The first-order chi connectivity index (χ1) is 13.8. The number of hydrogen-bond acceptors (Lipinski definition) is 5. The fourth-order valence-corrected chi connectivity index (χ4v) is 3.84. The van der Waals surface area contributed by atoms with Gasteiger partial charge in [0.25, 0.3) is 0 Å². The SMILES string of the molecule is COc1cc2c(c(OC)c1)CC(CCc1ccc(O)cc1)(C(N)=O)C(C(N)=O)=C2. The molecule has 2 aromatic carbocycles. The highest BCUT2D eigenvalue weighted by Crippen LogP contribution is 2.46. The summed E-state index contributed by atoms with van der Waals surface area (Å²) in [6, 6.07) is 10.2. The molecular weight excluding hydrogens is 372 g/mol.